The zero-order valence-electron chi connectivity index (χ0n) is 16.3. The molecule has 32 heavy (non-hydrogen) atoms. The summed E-state index contributed by atoms with van der Waals surface area (Å²) in [6, 6.07) is 14.3. The molecule has 2 fully saturated rings. The molecule has 6 nitrogen and oxygen atoms in total. The summed E-state index contributed by atoms with van der Waals surface area (Å²) >= 11 is 15.6. The van der Waals surface area contributed by atoms with Gasteiger partial charge in [0.2, 0.25) is 17.1 Å². The van der Waals surface area contributed by atoms with E-state index in [2.05, 4.69) is 15.9 Å². The molecule has 2 aliphatic heterocycles. The van der Waals surface area contributed by atoms with Crippen LogP contribution in [0.2, 0.25) is 10.0 Å². The molecule has 2 aliphatic rings. The van der Waals surface area contributed by atoms with Gasteiger partial charge in [0.05, 0.1) is 33.6 Å². The summed E-state index contributed by atoms with van der Waals surface area (Å²) in [6.07, 6.45) is -1.38. The number of hydrogen-bond acceptors (Lipinski definition) is 6. The van der Waals surface area contributed by atoms with Crippen LogP contribution in [0.15, 0.2) is 40.9 Å². The van der Waals surface area contributed by atoms with Crippen molar-refractivity contribution in [3.8, 4) is 18.2 Å². The van der Waals surface area contributed by atoms with Crippen molar-refractivity contribution < 1.29 is 13.9 Å². The Morgan fingerprint density at radius 2 is 1.78 bits per heavy atom. The summed E-state index contributed by atoms with van der Waals surface area (Å²) in [7, 11) is 0. The first-order chi connectivity index (χ1) is 15.1. The highest BCUT2D eigenvalue weighted by molar-refractivity contribution is 9.10. The average molecular weight is 534 g/mol. The van der Waals surface area contributed by atoms with Crippen LogP contribution in [0, 0.1) is 62.0 Å². The molecule has 2 bridgehead atoms. The van der Waals surface area contributed by atoms with Gasteiger partial charge < -0.3 is 9.47 Å². The number of hydrogen-bond donors (Lipinski definition) is 1. The van der Waals surface area contributed by atoms with Gasteiger partial charge in [-0.05, 0) is 51.8 Å². The molecule has 2 aromatic rings. The molecule has 10 heteroatoms. The van der Waals surface area contributed by atoms with Crippen LogP contribution in [0.1, 0.15) is 24.2 Å². The smallest absolute Gasteiger partial charge is 0.245 e. The first kappa shape index (κ1) is 22.5. The normalized spacial score (nSPS) is 30.0. The predicted molar refractivity (Wildman–Crippen MR) is 116 cm³/mol. The summed E-state index contributed by atoms with van der Waals surface area (Å²) in [5, 5.41) is 39.8. The fourth-order valence-corrected chi connectivity index (χ4v) is 5.53. The molecule has 0 saturated carbocycles. The third-order valence-corrected chi connectivity index (χ3v) is 7.38. The second-order valence-electron chi connectivity index (χ2n) is 7.57. The Kier molecular flexibility index (Phi) is 5.24. The lowest BCUT2D eigenvalue weighted by molar-refractivity contribution is -0.288. The second-order valence-corrected chi connectivity index (χ2v) is 9.27. The van der Waals surface area contributed by atoms with E-state index in [4.69, 9.17) is 38.1 Å². The van der Waals surface area contributed by atoms with Crippen LogP contribution in [0.5, 0.6) is 0 Å². The largest absolute Gasteiger partial charge is 0.443 e. The first-order valence-electron chi connectivity index (χ1n) is 9.23. The van der Waals surface area contributed by atoms with Gasteiger partial charge >= 0.3 is 0 Å². The third kappa shape index (κ3) is 2.60. The van der Waals surface area contributed by atoms with Crippen LogP contribution in [-0.4, -0.2) is 5.90 Å². The van der Waals surface area contributed by atoms with Crippen LogP contribution < -0.4 is 0 Å². The van der Waals surface area contributed by atoms with E-state index in [9.17, 15) is 20.2 Å². The van der Waals surface area contributed by atoms with Crippen LogP contribution >= 0.6 is 39.1 Å². The quantitative estimate of drug-likeness (QED) is 0.508. The zero-order chi connectivity index (χ0) is 23.5. The van der Waals surface area contributed by atoms with Crippen molar-refractivity contribution in [3.63, 3.8) is 0 Å². The van der Waals surface area contributed by atoms with E-state index in [0.717, 1.165) is 6.07 Å². The van der Waals surface area contributed by atoms with Crippen molar-refractivity contribution in [2.45, 2.75) is 18.8 Å². The number of ether oxygens (including phenoxy) is 2. The Balaban J connectivity index is 2.07. The summed E-state index contributed by atoms with van der Waals surface area (Å²) in [5.74, 6) is -3.89. The van der Waals surface area contributed by atoms with Crippen LogP contribution in [-0.2, 0) is 15.3 Å². The predicted octanol–water partition coefficient (Wildman–Crippen LogP) is 6.01. The lowest BCUT2D eigenvalue weighted by Crippen LogP contribution is -2.57. The monoisotopic (exact) mass is 532 g/mol. The molecule has 160 valence electrons. The molecular weight excluding hydrogens is 522 g/mol. The molecule has 1 N–H and O–H groups in total. The second kappa shape index (κ2) is 7.44. The minimum absolute atomic E-state index is 0.0786. The lowest BCUT2D eigenvalue weighted by Gasteiger charge is -2.49. The highest BCUT2D eigenvalue weighted by Gasteiger charge is 2.80. The zero-order valence-corrected chi connectivity index (χ0v) is 19.4. The molecule has 4 rings (SSSR count). The average Bonchev–Trinajstić information content (AvgIpc) is 2.92. The van der Waals surface area contributed by atoms with Crippen molar-refractivity contribution in [1.29, 1.82) is 21.2 Å². The van der Waals surface area contributed by atoms with Crippen LogP contribution in [0.4, 0.5) is 4.39 Å². The van der Waals surface area contributed by atoms with E-state index >= 15 is 0 Å². The van der Waals surface area contributed by atoms with Crippen molar-refractivity contribution in [2.24, 2.45) is 16.7 Å². The lowest BCUT2D eigenvalue weighted by atomic mass is 9.53. The van der Waals surface area contributed by atoms with Crippen LogP contribution in [0.3, 0.4) is 0 Å². The SMILES string of the molecule is CC1C2(c3ccc(Cl)cc3Cl)OC(=N)C1(C#N)C(C#N)(C#N)C(c1ccc(F)c(Br)c1)O2. The minimum atomic E-state index is -2.17. The molecule has 2 heterocycles. The standard InChI is InChI=1S/C22H12BrCl2FN4O2/c1-11-21(10-29)19(30)32-22(11,14-4-3-13(24)7-16(14)25)31-18(20(21,8-27)9-28)12-2-5-17(26)15(23)6-12/h2-7,11,18,30H,1H3. The Hall–Kier alpha value is -2.67. The minimum Gasteiger partial charge on any atom is -0.443 e. The van der Waals surface area contributed by atoms with E-state index in [1.54, 1.807) is 19.1 Å². The molecule has 0 aliphatic carbocycles. The summed E-state index contributed by atoms with van der Waals surface area (Å²) in [5.41, 5.74) is -3.63. The van der Waals surface area contributed by atoms with Gasteiger partial charge in [0.15, 0.2) is 5.41 Å². The van der Waals surface area contributed by atoms with E-state index in [1.807, 2.05) is 18.2 Å². The summed E-state index contributed by atoms with van der Waals surface area (Å²) in [6.45, 7) is 1.57. The van der Waals surface area contributed by atoms with Gasteiger partial charge in [-0.15, -0.1) is 0 Å². The van der Waals surface area contributed by atoms with Gasteiger partial charge in [-0.2, -0.15) is 15.8 Å². The van der Waals surface area contributed by atoms with Gasteiger partial charge in [0, 0.05) is 10.6 Å². The molecule has 0 radical (unpaired) electrons. The number of nitriles is 3. The van der Waals surface area contributed by atoms with E-state index in [0.29, 0.717) is 5.02 Å². The van der Waals surface area contributed by atoms with Crippen molar-refractivity contribution in [3.05, 3.63) is 67.9 Å². The molecule has 4 atom stereocenters. The Bertz CT molecular complexity index is 1290. The molecular formula is C22H12BrCl2FN4O2. The van der Waals surface area contributed by atoms with Gasteiger partial charge in [0.1, 0.15) is 11.9 Å². The third-order valence-electron chi connectivity index (χ3n) is 6.22. The molecule has 0 aromatic heterocycles. The number of benzene rings is 2. The maximum absolute atomic E-state index is 13.9. The maximum atomic E-state index is 13.9. The van der Waals surface area contributed by atoms with Crippen molar-refractivity contribution in [1.82, 2.24) is 0 Å². The van der Waals surface area contributed by atoms with Crippen LogP contribution in [0.25, 0.3) is 0 Å². The topological polar surface area (TPSA) is 114 Å². The number of halogens is 4. The maximum Gasteiger partial charge on any atom is 0.245 e. The number of nitrogens with one attached hydrogen (secondary N) is 1. The summed E-state index contributed by atoms with van der Waals surface area (Å²) in [4.78, 5) is 0. The van der Waals surface area contributed by atoms with Gasteiger partial charge in [0.25, 0.3) is 0 Å². The Morgan fingerprint density at radius 3 is 2.34 bits per heavy atom. The highest BCUT2D eigenvalue weighted by Crippen LogP contribution is 2.69. The number of fused-ring (bicyclic) bond motifs is 2. The fraction of sp³-hybridized carbons (Fsp3) is 0.273. The fourth-order valence-electron chi connectivity index (χ4n) is 4.59. The molecule has 4 unspecified atom stereocenters. The molecule has 0 spiro atoms. The molecule has 0 amide bonds. The van der Waals surface area contributed by atoms with E-state index in [1.165, 1.54) is 18.2 Å². The van der Waals surface area contributed by atoms with Crippen molar-refractivity contribution in [2.75, 3.05) is 0 Å². The highest BCUT2D eigenvalue weighted by atomic mass is 79.9. The van der Waals surface area contributed by atoms with Gasteiger partial charge in [-0.3, -0.25) is 5.41 Å². The Labute approximate surface area is 201 Å². The first-order valence-corrected chi connectivity index (χ1v) is 10.8. The summed E-state index contributed by atoms with van der Waals surface area (Å²) < 4.78 is 26.2. The van der Waals surface area contributed by atoms with Gasteiger partial charge in [-0.1, -0.05) is 36.2 Å². The van der Waals surface area contributed by atoms with E-state index < -0.39 is 40.4 Å². The Morgan fingerprint density at radius 1 is 1.09 bits per heavy atom. The van der Waals surface area contributed by atoms with E-state index in [-0.39, 0.29) is 20.6 Å². The molecule has 2 aromatic carbocycles. The van der Waals surface area contributed by atoms with Crippen molar-refractivity contribution >= 4 is 45.0 Å². The van der Waals surface area contributed by atoms with Gasteiger partial charge in [-0.25, -0.2) is 4.39 Å². The number of nitrogens with zero attached hydrogens (tertiary/aromatic N) is 3. The molecule has 2 saturated heterocycles. The number of rotatable bonds is 2.